The molecule has 19 heavy (non-hydrogen) atoms. The molecule has 1 saturated heterocycles. The van der Waals surface area contributed by atoms with Crippen LogP contribution >= 0.6 is 15.9 Å². The molecule has 100 valence electrons. The molecule has 1 heterocycles. The van der Waals surface area contributed by atoms with Crippen molar-refractivity contribution in [2.75, 3.05) is 13.6 Å². The monoisotopic (exact) mass is 321 g/mol. The summed E-state index contributed by atoms with van der Waals surface area (Å²) < 4.78 is 0.983. The van der Waals surface area contributed by atoms with Gasteiger partial charge in [-0.05, 0) is 25.5 Å². The number of rotatable bonds is 2. The number of carbonyl (C=O) groups excluding carboxylic acids is 1. The Kier molecular flexibility index (Phi) is 3.55. The number of carbonyl (C=O) groups is 1. The van der Waals surface area contributed by atoms with E-state index in [1.807, 2.05) is 24.3 Å². The lowest BCUT2D eigenvalue weighted by Gasteiger charge is -2.27. The highest BCUT2D eigenvalue weighted by Crippen LogP contribution is 2.35. The summed E-state index contributed by atoms with van der Waals surface area (Å²) in [4.78, 5) is 15.6. The average molecular weight is 322 g/mol. The van der Waals surface area contributed by atoms with E-state index < -0.39 is 5.54 Å². The molecule has 1 aliphatic heterocycles. The minimum atomic E-state index is -0.790. The Morgan fingerprint density at radius 1 is 1.42 bits per heavy atom. The van der Waals surface area contributed by atoms with E-state index in [2.05, 4.69) is 22.0 Å². The molecular formula is C14H16BrN3O. The minimum absolute atomic E-state index is 0.0318. The molecule has 1 unspecified atom stereocenters. The summed E-state index contributed by atoms with van der Waals surface area (Å²) in [6, 6.07) is 9.92. The Labute approximate surface area is 121 Å². The Bertz CT molecular complexity index is 550. The molecule has 2 amide bonds. The minimum Gasteiger partial charge on any atom is -0.319 e. The maximum atomic E-state index is 12.3. The van der Waals surface area contributed by atoms with Crippen LogP contribution < -0.4 is 0 Å². The van der Waals surface area contributed by atoms with Gasteiger partial charge in [0, 0.05) is 18.1 Å². The van der Waals surface area contributed by atoms with Crippen molar-refractivity contribution in [2.24, 2.45) is 0 Å². The van der Waals surface area contributed by atoms with Crippen LogP contribution in [0.2, 0.25) is 0 Å². The van der Waals surface area contributed by atoms with Gasteiger partial charge in [0.25, 0.3) is 0 Å². The molecule has 1 aliphatic rings. The first-order valence-corrected chi connectivity index (χ1v) is 6.88. The molecule has 0 saturated carbocycles. The van der Waals surface area contributed by atoms with E-state index in [9.17, 15) is 10.1 Å². The van der Waals surface area contributed by atoms with Crippen LogP contribution in [0, 0.1) is 11.3 Å². The van der Waals surface area contributed by atoms with Crippen molar-refractivity contribution in [3.8, 4) is 6.07 Å². The van der Waals surface area contributed by atoms with E-state index >= 15 is 0 Å². The van der Waals surface area contributed by atoms with Crippen LogP contribution in [0.3, 0.4) is 0 Å². The van der Waals surface area contributed by atoms with Gasteiger partial charge in [-0.15, -0.1) is 0 Å². The second-order valence-electron chi connectivity index (χ2n) is 5.21. The Hall–Kier alpha value is -1.54. The fourth-order valence-electron chi connectivity index (χ4n) is 2.28. The SMILES string of the molecule is CN1C(=O)N(C(C)(C)C#N)CC1c1ccccc1Br. The molecule has 0 aliphatic carbocycles. The van der Waals surface area contributed by atoms with Gasteiger partial charge in [-0.2, -0.15) is 5.26 Å². The van der Waals surface area contributed by atoms with Gasteiger partial charge in [0.2, 0.25) is 0 Å². The number of benzene rings is 1. The van der Waals surface area contributed by atoms with Gasteiger partial charge in [0.05, 0.1) is 12.1 Å². The zero-order valence-electron chi connectivity index (χ0n) is 11.2. The molecule has 1 atom stereocenters. The molecule has 1 aromatic rings. The molecule has 0 radical (unpaired) electrons. The Morgan fingerprint density at radius 2 is 2.05 bits per heavy atom. The summed E-state index contributed by atoms with van der Waals surface area (Å²) in [6.07, 6.45) is 0. The van der Waals surface area contributed by atoms with Gasteiger partial charge < -0.3 is 9.80 Å². The molecule has 2 rings (SSSR count). The third-order valence-corrected chi connectivity index (χ3v) is 4.29. The number of likely N-dealkylation sites (N-methyl/N-ethyl adjacent to an activating group) is 1. The standard InChI is InChI=1S/C14H16BrN3O/c1-14(2,9-16)18-8-12(17(3)13(18)19)10-6-4-5-7-11(10)15/h4-7,12H,8H2,1-3H3. The van der Waals surface area contributed by atoms with Crippen LogP contribution in [0.15, 0.2) is 28.7 Å². The van der Waals surface area contributed by atoms with Crippen molar-refractivity contribution >= 4 is 22.0 Å². The molecule has 0 aromatic heterocycles. The summed E-state index contributed by atoms with van der Waals surface area (Å²) in [5.74, 6) is 0. The molecule has 0 N–H and O–H groups in total. The summed E-state index contributed by atoms with van der Waals surface area (Å²) in [5.41, 5.74) is 0.274. The van der Waals surface area contributed by atoms with Gasteiger partial charge in [-0.1, -0.05) is 34.1 Å². The molecule has 1 fully saturated rings. The normalized spacial score (nSPS) is 19.7. The lowest BCUT2D eigenvalue weighted by Crippen LogP contribution is -2.44. The summed E-state index contributed by atoms with van der Waals surface area (Å²) in [5, 5.41) is 9.20. The smallest absolute Gasteiger partial charge is 0.319 e. The predicted octanol–water partition coefficient (Wildman–Crippen LogP) is 3.16. The number of hydrogen-bond donors (Lipinski definition) is 0. The van der Waals surface area contributed by atoms with E-state index in [-0.39, 0.29) is 12.1 Å². The van der Waals surface area contributed by atoms with E-state index in [4.69, 9.17) is 0 Å². The maximum absolute atomic E-state index is 12.3. The largest absolute Gasteiger partial charge is 0.321 e. The number of hydrogen-bond acceptors (Lipinski definition) is 2. The molecule has 5 heteroatoms. The topological polar surface area (TPSA) is 47.3 Å². The highest BCUT2D eigenvalue weighted by molar-refractivity contribution is 9.10. The fourth-order valence-corrected chi connectivity index (χ4v) is 2.83. The van der Waals surface area contributed by atoms with Crippen molar-refractivity contribution in [2.45, 2.75) is 25.4 Å². The lowest BCUT2D eigenvalue weighted by atomic mass is 10.0. The first kappa shape index (κ1) is 13.9. The third kappa shape index (κ3) is 2.33. The summed E-state index contributed by atoms with van der Waals surface area (Å²) in [7, 11) is 1.78. The van der Waals surface area contributed by atoms with Crippen molar-refractivity contribution in [3.05, 3.63) is 34.3 Å². The number of nitrogens with zero attached hydrogens (tertiary/aromatic N) is 3. The quantitative estimate of drug-likeness (QED) is 0.840. The molecule has 0 spiro atoms. The predicted molar refractivity (Wildman–Crippen MR) is 76.4 cm³/mol. The highest BCUT2D eigenvalue weighted by atomic mass is 79.9. The molecular weight excluding hydrogens is 306 g/mol. The maximum Gasteiger partial charge on any atom is 0.321 e. The average Bonchev–Trinajstić information content (AvgIpc) is 2.68. The number of nitriles is 1. The van der Waals surface area contributed by atoms with Crippen LogP contribution in [0.4, 0.5) is 4.79 Å². The fraction of sp³-hybridized carbons (Fsp3) is 0.429. The number of urea groups is 1. The van der Waals surface area contributed by atoms with Crippen LogP contribution in [0.1, 0.15) is 25.5 Å². The van der Waals surface area contributed by atoms with Crippen LogP contribution in [-0.2, 0) is 0 Å². The Morgan fingerprint density at radius 3 is 2.63 bits per heavy atom. The Balaban J connectivity index is 2.35. The number of amides is 2. The second kappa shape index (κ2) is 4.86. The molecule has 4 nitrogen and oxygen atoms in total. The van der Waals surface area contributed by atoms with Gasteiger partial charge in [-0.3, -0.25) is 0 Å². The lowest BCUT2D eigenvalue weighted by molar-refractivity contribution is 0.172. The third-order valence-electron chi connectivity index (χ3n) is 3.57. The van der Waals surface area contributed by atoms with E-state index in [0.29, 0.717) is 6.54 Å². The van der Waals surface area contributed by atoms with Gasteiger partial charge in [0.15, 0.2) is 0 Å². The number of halogens is 1. The van der Waals surface area contributed by atoms with Gasteiger partial charge in [0.1, 0.15) is 5.54 Å². The zero-order chi connectivity index (χ0) is 14.2. The second-order valence-corrected chi connectivity index (χ2v) is 6.07. The van der Waals surface area contributed by atoms with Crippen LogP contribution in [-0.4, -0.2) is 35.0 Å². The van der Waals surface area contributed by atoms with Crippen molar-refractivity contribution in [3.63, 3.8) is 0 Å². The van der Waals surface area contributed by atoms with Gasteiger partial charge in [-0.25, -0.2) is 4.79 Å². The van der Waals surface area contributed by atoms with Crippen molar-refractivity contribution < 1.29 is 4.79 Å². The summed E-state index contributed by atoms with van der Waals surface area (Å²) in [6.45, 7) is 4.06. The van der Waals surface area contributed by atoms with Crippen molar-refractivity contribution in [1.29, 1.82) is 5.26 Å². The molecule has 0 bridgehead atoms. The van der Waals surface area contributed by atoms with Crippen molar-refractivity contribution in [1.82, 2.24) is 9.80 Å². The first-order chi connectivity index (χ1) is 8.88. The zero-order valence-corrected chi connectivity index (χ0v) is 12.8. The van der Waals surface area contributed by atoms with Crippen LogP contribution in [0.5, 0.6) is 0 Å². The first-order valence-electron chi connectivity index (χ1n) is 6.08. The highest BCUT2D eigenvalue weighted by Gasteiger charge is 2.43. The van der Waals surface area contributed by atoms with E-state index in [1.165, 1.54) is 0 Å². The van der Waals surface area contributed by atoms with E-state index in [1.54, 1.807) is 30.7 Å². The van der Waals surface area contributed by atoms with Crippen LogP contribution in [0.25, 0.3) is 0 Å². The summed E-state index contributed by atoms with van der Waals surface area (Å²) >= 11 is 3.52. The van der Waals surface area contributed by atoms with E-state index in [0.717, 1.165) is 10.0 Å². The molecule has 1 aromatic carbocycles. The van der Waals surface area contributed by atoms with Gasteiger partial charge >= 0.3 is 6.03 Å².